The lowest BCUT2D eigenvalue weighted by molar-refractivity contribution is 0.0639. The SMILES string of the molecule is Cc1ccc2c(c1)c1c3n2CCN(CC(O)c2ccc(Br)cc2)[C@H]3CCC1. The number of nitrogens with zero attached hydrogens (tertiary/aromatic N) is 2. The van der Waals surface area contributed by atoms with Crippen molar-refractivity contribution < 1.29 is 5.11 Å². The molecule has 0 radical (unpaired) electrons. The van der Waals surface area contributed by atoms with Gasteiger partial charge >= 0.3 is 0 Å². The zero-order chi connectivity index (χ0) is 18.5. The number of aryl methyl sites for hydroxylation is 2. The molecule has 140 valence electrons. The van der Waals surface area contributed by atoms with Crippen molar-refractivity contribution in [2.75, 3.05) is 13.1 Å². The van der Waals surface area contributed by atoms with Crippen LogP contribution in [0.1, 0.15) is 47.4 Å². The van der Waals surface area contributed by atoms with Crippen molar-refractivity contribution in [1.29, 1.82) is 0 Å². The minimum Gasteiger partial charge on any atom is -0.387 e. The molecule has 5 rings (SSSR count). The number of aliphatic hydroxyl groups is 1. The summed E-state index contributed by atoms with van der Waals surface area (Å²) < 4.78 is 3.60. The van der Waals surface area contributed by atoms with Gasteiger partial charge < -0.3 is 9.67 Å². The average molecular weight is 425 g/mol. The number of rotatable bonds is 3. The summed E-state index contributed by atoms with van der Waals surface area (Å²) >= 11 is 3.47. The Labute approximate surface area is 168 Å². The van der Waals surface area contributed by atoms with Crippen LogP contribution in [-0.4, -0.2) is 27.7 Å². The quantitative estimate of drug-likeness (QED) is 0.630. The van der Waals surface area contributed by atoms with Gasteiger partial charge in [0, 0.05) is 40.7 Å². The van der Waals surface area contributed by atoms with E-state index in [2.05, 4.69) is 50.5 Å². The summed E-state index contributed by atoms with van der Waals surface area (Å²) in [7, 11) is 0. The fourth-order valence-electron chi connectivity index (χ4n) is 5.02. The summed E-state index contributed by atoms with van der Waals surface area (Å²) in [4.78, 5) is 2.51. The molecule has 0 saturated heterocycles. The molecule has 1 N–H and O–H groups in total. The molecular weight excluding hydrogens is 400 g/mol. The van der Waals surface area contributed by atoms with E-state index in [4.69, 9.17) is 0 Å². The first-order valence-electron chi connectivity index (χ1n) is 9.91. The van der Waals surface area contributed by atoms with Gasteiger partial charge in [-0.2, -0.15) is 0 Å². The first-order valence-corrected chi connectivity index (χ1v) is 10.7. The normalized spacial score (nSPS) is 20.6. The molecule has 2 aromatic carbocycles. The Morgan fingerprint density at radius 1 is 1.15 bits per heavy atom. The van der Waals surface area contributed by atoms with E-state index >= 15 is 0 Å². The van der Waals surface area contributed by atoms with Crippen LogP contribution in [0.3, 0.4) is 0 Å². The number of aromatic nitrogens is 1. The molecule has 4 heteroatoms. The molecule has 1 aliphatic carbocycles. The van der Waals surface area contributed by atoms with Crippen LogP contribution in [0.5, 0.6) is 0 Å². The molecule has 0 saturated carbocycles. The van der Waals surface area contributed by atoms with Gasteiger partial charge in [0.1, 0.15) is 0 Å². The van der Waals surface area contributed by atoms with Crippen molar-refractivity contribution in [2.24, 2.45) is 0 Å². The van der Waals surface area contributed by atoms with Gasteiger partial charge in [-0.15, -0.1) is 0 Å². The highest BCUT2D eigenvalue weighted by molar-refractivity contribution is 9.10. The van der Waals surface area contributed by atoms with Crippen LogP contribution in [0.4, 0.5) is 0 Å². The third kappa shape index (κ3) is 2.95. The Hall–Kier alpha value is -1.62. The fraction of sp³-hybridized carbons (Fsp3) is 0.391. The van der Waals surface area contributed by atoms with Crippen molar-refractivity contribution in [3.8, 4) is 0 Å². The monoisotopic (exact) mass is 424 g/mol. The smallest absolute Gasteiger partial charge is 0.0917 e. The van der Waals surface area contributed by atoms with Crippen molar-refractivity contribution in [3.05, 3.63) is 69.3 Å². The molecule has 1 unspecified atom stereocenters. The highest BCUT2D eigenvalue weighted by Gasteiger charge is 2.35. The second-order valence-electron chi connectivity index (χ2n) is 8.01. The lowest BCUT2D eigenvalue weighted by Crippen LogP contribution is -2.41. The third-order valence-corrected chi connectivity index (χ3v) is 6.83. The first-order chi connectivity index (χ1) is 13.1. The van der Waals surface area contributed by atoms with E-state index in [1.807, 2.05) is 24.3 Å². The third-order valence-electron chi connectivity index (χ3n) is 6.30. The van der Waals surface area contributed by atoms with Crippen LogP contribution in [0.25, 0.3) is 10.9 Å². The summed E-state index contributed by atoms with van der Waals surface area (Å²) in [6.07, 6.45) is 3.16. The maximum Gasteiger partial charge on any atom is 0.0917 e. The summed E-state index contributed by atoms with van der Waals surface area (Å²) in [6.45, 7) is 4.90. The Balaban J connectivity index is 1.49. The summed E-state index contributed by atoms with van der Waals surface area (Å²) in [5.74, 6) is 0. The number of β-amino-alcohol motifs (C(OH)–C–C–N with tert-alkyl or cyclic N) is 1. The Morgan fingerprint density at radius 2 is 1.96 bits per heavy atom. The maximum atomic E-state index is 10.8. The molecule has 0 bridgehead atoms. The topological polar surface area (TPSA) is 28.4 Å². The summed E-state index contributed by atoms with van der Waals surface area (Å²) in [6, 6.07) is 15.4. The zero-order valence-corrected chi connectivity index (χ0v) is 17.2. The summed E-state index contributed by atoms with van der Waals surface area (Å²) in [5.41, 5.74) is 6.79. The highest BCUT2D eigenvalue weighted by atomic mass is 79.9. The number of hydrogen-bond acceptors (Lipinski definition) is 2. The van der Waals surface area contributed by atoms with Crippen LogP contribution in [-0.2, 0) is 13.0 Å². The number of halogens is 1. The Bertz CT molecular complexity index is 992. The van der Waals surface area contributed by atoms with E-state index < -0.39 is 6.10 Å². The summed E-state index contributed by atoms with van der Waals surface area (Å²) in [5, 5.41) is 12.3. The lowest BCUT2D eigenvalue weighted by Gasteiger charge is -2.40. The number of hydrogen-bond donors (Lipinski definition) is 1. The van der Waals surface area contributed by atoms with Gasteiger partial charge in [0.15, 0.2) is 0 Å². The van der Waals surface area contributed by atoms with Gasteiger partial charge in [0.25, 0.3) is 0 Å². The second-order valence-corrected chi connectivity index (χ2v) is 8.92. The predicted molar refractivity (Wildman–Crippen MR) is 113 cm³/mol. The van der Waals surface area contributed by atoms with E-state index in [1.165, 1.54) is 41.4 Å². The first kappa shape index (κ1) is 17.5. The molecule has 2 heterocycles. The van der Waals surface area contributed by atoms with Crippen LogP contribution >= 0.6 is 15.9 Å². The van der Waals surface area contributed by atoms with Crippen LogP contribution in [0, 0.1) is 6.92 Å². The zero-order valence-electron chi connectivity index (χ0n) is 15.7. The molecular formula is C23H25BrN2O. The van der Waals surface area contributed by atoms with Gasteiger partial charge in [-0.3, -0.25) is 4.90 Å². The van der Waals surface area contributed by atoms with Crippen LogP contribution in [0.15, 0.2) is 46.9 Å². The van der Waals surface area contributed by atoms with Crippen molar-refractivity contribution in [3.63, 3.8) is 0 Å². The molecule has 27 heavy (non-hydrogen) atoms. The minimum absolute atomic E-state index is 0.431. The maximum absolute atomic E-state index is 10.8. The molecule has 0 amide bonds. The van der Waals surface area contributed by atoms with Gasteiger partial charge in [0.05, 0.1) is 12.1 Å². The van der Waals surface area contributed by atoms with Gasteiger partial charge in [0.2, 0.25) is 0 Å². The number of benzene rings is 2. The highest BCUT2D eigenvalue weighted by Crippen LogP contribution is 2.43. The van der Waals surface area contributed by atoms with Crippen LogP contribution < -0.4 is 0 Å². The van der Waals surface area contributed by atoms with Crippen molar-refractivity contribution in [2.45, 2.75) is 44.9 Å². The van der Waals surface area contributed by atoms with Gasteiger partial charge in [-0.25, -0.2) is 0 Å². The van der Waals surface area contributed by atoms with E-state index in [9.17, 15) is 5.11 Å². The molecule has 0 fully saturated rings. The van der Waals surface area contributed by atoms with Crippen molar-refractivity contribution >= 4 is 26.8 Å². The number of fused-ring (bicyclic) bond motifs is 3. The molecule has 2 atom stereocenters. The predicted octanol–water partition coefficient (Wildman–Crippen LogP) is 5.14. The largest absolute Gasteiger partial charge is 0.387 e. The molecule has 1 aromatic heterocycles. The Morgan fingerprint density at radius 3 is 2.78 bits per heavy atom. The molecule has 1 aliphatic heterocycles. The molecule has 2 aliphatic rings. The Kier molecular flexibility index (Phi) is 4.38. The molecule has 3 nitrogen and oxygen atoms in total. The average Bonchev–Trinajstić information content (AvgIpc) is 2.99. The van der Waals surface area contributed by atoms with E-state index in [-0.39, 0.29) is 0 Å². The van der Waals surface area contributed by atoms with E-state index in [0.29, 0.717) is 12.6 Å². The second kappa shape index (κ2) is 6.77. The van der Waals surface area contributed by atoms with Crippen molar-refractivity contribution in [1.82, 2.24) is 9.47 Å². The minimum atomic E-state index is -0.443. The molecule has 3 aromatic rings. The van der Waals surface area contributed by atoms with E-state index in [0.717, 1.165) is 23.1 Å². The van der Waals surface area contributed by atoms with Crippen LogP contribution in [0.2, 0.25) is 0 Å². The molecule has 0 spiro atoms. The standard InChI is InChI=1S/C23H25BrN2O/c1-15-5-10-20-19(13-15)18-3-2-4-21-23(18)26(20)12-11-25(21)14-22(27)16-6-8-17(24)9-7-16/h5-10,13,21-22,27H,2-4,11-12,14H2,1H3/t21-,22?/m0/s1. The number of aliphatic hydroxyl groups excluding tert-OH is 1. The van der Waals surface area contributed by atoms with Gasteiger partial charge in [-0.05, 0) is 61.6 Å². The lowest BCUT2D eigenvalue weighted by atomic mass is 9.89. The fourth-order valence-corrected chi connectivity index (χ4v) is 5.29. The van der Waals surface area contributed by atoms with E-state index in [1.54, 1.807) is 5.56 Å². The van der Waals surface area contributed by atoms with Gasteiger partial charge in [-0.1, -0.05) is 39.7 Å².